The molecule has 0 unspecified atom stereocenters. The molecule has 1 fully saturated rings. The number of anilines is 1. The van der Waals surface area contributed by atoms with Crippen molar-refractivity contribution in [1.82, 2.24) is 9.80 Å². The predicted molar refractivity (Wildman–Crippen MR) is 122 cm³/mol. The molecule has 0 atom stereocenters. The van der Waals surface area contributed by atoms with Gasteiger partial charge in [0.25, 0.3) is 5.91 Å². The molecule has 0 N–H and O–H groups in total. The number of amides is 1. The van der Waals surface area contributed by atoms with Crippen LogP contribution in [0.4, 0.5) is 5.69 Å². The molecule has 0 bridgehead atoms. The zero-order chi connectivity index (χ0) is 20.8. The smallest absolute Gasteiger partial charge is 0.294 e. The average Bonchev–Trinajstić information content (AvgIpc) is 3.45. The number of rotatable bonds is 8. The first-order valence-corrected chi connectivity index (χ1v) is 11.5. The maximum atomic E-state index is 13.2. The van der Waals surface area contributed by atoms with E-state index in [2.05, 4.69) is 27.3 Å². The normalized spacial score (nSPS) is 15.4. The fraction of sp³-hybridized carbons (Fsp3) is 0.375. The number of hydrogen-bond donors (Lipinski definition) is 0. The van der Waals surface area contributed by atoms with Crippen molar-refractivity contribution in [2.45, 2.75) is 13.3 Å². The Bertz CT molecular complexity index is 915. The van der Waals surface area contributed by atoms with Crippen LogP contribution in [0.25, 0.3) is 0 Å². The molecular formula is C24H29N3O2S. The fourth-order valence-corrected chi connectivity index (χ4v) is 4.57. The summed E-state index contributed by atoms with van der Waals surface area (Å²) in [4.78, 5) is 21.5. The minimum absolute atomic E-state index is 0.0710. The number of para-hydroxylation sites is 1. The molecular weight excluding hydrogens is 394 g/mol. The highest BCUT2D eigenvalue weighted by molar-refractivity contribution is 7.09. The van der Waals surface area contributed by atoms with E-state index in [9.17, 15) is 4.79 Å². The van der Waals surface area contributed by atoms with Crippen molar-refractivity contribution in [3.63, 3.8) is 0 Å². The second-order valence-corrected chi connectivity index (χ2v) is 8.77. The molecule has 1 aliphatic rings. The van der Waals surface area contributed by atoms with E-state index >= 15 is 0 Å². The van der Waals surface area contributed by atoms with Crippen LogP contribution < -0.4 is 4.90 Å². The molecule has 4 rings (SSSR count). The monoisotopic (exact) mass is 423 g/mol. The third-order valence-electron chi connectivity index (χ3n) is 5.73. The van der Waals surface area contributed by atoms with E-state index in [1.54, 1.807) is 6.26 Å². The van der Waals surface area contributed by atoms with Gasteiger partial charge in [0.05, 0.1) is 6.26 Å². The van der Waals surface area contributed by atoms with Gasteiger partial charge in [-0.3, -0.25) is 9.69 Å². The first-order chi connectivity index (χ1) is 14.7. The summed E-state index contributed by atoms with van der Waals surface area (Å²) in [6.45, 7) is 8.80. The average molecular weight is 424 g/mol. The van der Waals surface area contributed by atoms with Gasteiger partial charge >= 0.3 is 0 Å². The van der Waals surface area contributed by atoms with Crippen LogP contribution in [-0.4, -0.2) is 61.5 Å². The van der Waals surface area contributed by atoms with Crippen molar-refractivity contribution >= 4 is 22.9 Å². The Hall–Kier alpha value is -2.41. The SMILES string of the molecule is Cc1ccoc1C(=O)N(CCN1CCN(CCc2cccs2)CC1)c1ccccc1. The van der Waals surface area contributed by atoms with Gasteiger partial charge in [-0.05, 0) is 43.0 Å². The van der Waals surface area contributed by atoms with Crippen LogP contribution in [-0.2, 0) is 6.42 Å². The molecule has 1 amide bonds. The molecule has 6 heteroatoms. The van der Waals surface area contributed by atoms with Crippen molar-refractivity contribution < 1.29 is 9.21 Å². The van der Waals surface area contributed by atoms with Crippen LogP contribution in [0.15, 0.2) is 64.6 Å². The van der Waals surface area contributed by atoms with E-state index < -0.39 is 0 Å². The van der Waals surface area contributed by atoms with Crippen LogP contribution in [0.1, 0.15) is 21.0 Å². The fourth-order valence-electron chi connectivity index (χ4n) is 3.87. The number of piperazine rings is 1. The minimum atomic E-state index is -0.0710. The Balaban J connectivity index is 1.32. The lowest BCUT2D eigenvalue weighted by molar-refractivity contribution is 0.0948. The zero-order valence-corrected chi connectivity index (χ0v) is 18.3. The number of thiophene rings is 1. The topological polar surface area (TPSA) is 39.9 Å². The third kappa shape index (κ3) is 5.19. The second-order valence-electron chi connectivity index (χ2n) is 7.74. The molecule has 1 aromatic carbocycles. The van der Waals surface area contributed by atoms with Crippen molar-refractivity contribution in [3.8, 4) is 0 Å². The summed E-state index contributed by atoms with van der Waals surface area (Å²) in [5.74, 6) is 0.357. The van der Waals surface area contributed by atoms with Gasteiger partial charge in [0.15, 0.2) is 5.76 Å². The molecule has 158 valence electrons. The Morgan fingerprint density at radius 2 is 1.73 bits per heavy atom. The van der Waals surface area contributed by atoms with Crippen molar-refractivity contribution in [3.05, 3.63) is 76.4 Å². The number of carbonyl (C=O) groups excluding carboxylic acids is 1. The summed E-state index contributed by atoms with van der Waals surface area (Å²) in [6, 6.07) is 16.1. The van der Waals surface area contributed by atoms with Gasteiger partial charge in [-0.1, -0.05) is 24.3 Å². The summed E-state index contributed by atoms with van der Waals surface area (Å²) >= 11 is 1.84. The Labute approximate surface area is 182 Å². The molecule has 30 heavy (non-hydrogen) atoms. The van der Waals surface area contributed by atoms with E-state index in [0.29, 0.717) is 12.3 Å². The highest BCUT2D eigenvalue weighted by atomic mass is 32.1. The number of aryl methyl sites for hydroxylation is 1. The van der Waals surface area contributed by atoms with Crippen LogP contribution in [0, 0.1) is 6.92 Å². The van der Waals surface area contributed by atoms with Gasteiger partial charge < -0.3 is 14.2 Å². The first-order valence-electron chi connectivity index (χ1n) is 10.6. The molecule has 2 aromatic heterocycles. The number of nitrogens with zero attached hydrogens (tertiary/aromatic N) is 3. The standard InChI is InChI=1S/C24H29N3O2S/c1-20-10-18-29-23(20)24(28)27(21-6-3-2-4-7-21)17-16-26-14-12-25(13-15-26)11-9-22-8-5-19-30-22/h2-8,10,18-19H,9,11-17H2,1H3. The molecule has 0 radical (unpaired) electrons. The van der Waals surface area contributed by atoms with Crippen LogP contribution in [0.3, 0.4) is 0 Å². The summed E-state index contributed by atoms with van der Waals surface area (Å²) in [6.07, 6.45) is 2.72. The van der Waals surface area contributed by atoms with Gasteiger partial charge in [-0.25, -0.2) is 0 Å². The van der Waals surface area contributed by atoms with E-state index in [0.717, 1.165) is 56.9 Å². The largest absolute Gasteiger partial charge is 0.459 e. The lowest BCUT2D eigenvalue weighted by atomic mass is 10.2. The number of benzene rings is 1. The Kier molecular flexibility index (Phi) is 7.00. The molecule has 0 aliphatic carbocycles. The number of furan rings is 1. The van der Waals surface area contributed by atoms with Gasteiger partial charge in [0, 0.05) is 61.9 Å². The van der Waals surface area contributed by atoms with E-state index in [1.165, 1.54) is 4.88 Å². The van der Waals surface area contributed by atoms with Gasteiger partial charge in [0.1, 0.15) is 0 Å². The highest BCUT2D eigenvalue weighted by Crippen LogP contribution is 2.20. The third-order valence-corrected chi connectivity index (χ3v) is 6.66. The number of hydrogen-bond acceptors (Lipinski definition) is 5. The van der Waals surface area contributed by atoms with Crippen molar-refractivity contribution in [2.24, 2.45) is 0 Å². The maximum absolute atomic E-state index is 13.2. The summed E-state index contributed by atoms with van der Waals surface area (Å²) in [5, 5.41) is 2.15. The lowest BCUT2D eigenvalue weighted by Crippen LogP contribution is -2.49. The van der Waals surface area contributed by atoms with Gasteiger partial charge in [-0.2, -0.15) is 0 Å². The lowest BCUT2D eigenvalue weighted by Gasteiger charge is -2.35. The van der Waals surface area contributed by atoms with Gasteiger partial charge in [-0.15, -0.1) is 11.3 Å². The molecule has 3 heterocycles. The molecule has 3 aromatic rings. The minimum Gasteiger partial charge on any atom is -0.459 e. The van der Waals surface area contributed by atoms with Crippen LogP contribution in [0.2, 0.25) is 0 Å². The Morgan fingerprint density at radius 1 is 1.00 bits per heavy atom. The molecule has 1 aliphatic heterocycles. The zero-order valence-electron chi connectivity index (χ0n) is 17.5. The predicted octanol–water partition coefficient (Wildman–Crippen LogP) is 4.16. The second kappa shape index (κ2) is 10.1. The van der Waals surface area contributed by atoms with Crippen LogP contribution >= 0.6 is 11.3 Å². The van der Waals surface area contributed by atoms with E-state index in [4.69, 9.17) is 4.42 Å². The van der Waals surface area contributed by atoms with Gasteiger partial charge in [0.2, 0.25) is 0 Å². The Morgan fingerprint density at radius 3 is 2.37 bits per heavy atom. The molecule has 0 spiro atoms. The number of carbonyl (C=O) groups is 1. The summed E-state index contributed by atoms with van der Waals surface area (Å²) in [7, 11) is 0. The van der Waals surface area contributed by atoms with E-state index in [1.807, 2.05) is 59.6 Å². The van der Waals surface area contributed by atoms with Crippen molar-refractivity contribution in [1.29, 1.82) is 0 Å². The molecule has 0 saturated carbocycles. The first kappa shape index (κ1) is 20.8. The summed E-state index contributed by atoms with van der Waals surface area (Å²) in [5.41, 5.74) is 1.79. The summed E-state index contributed by atoms with van der Waals surface area (Å²) < 4.78 is 5.48. The molecule has 1 saturated heterocycles. The highest BCUT2D eigenvalue weighted by Gasteiger charge is 2.24. The van der Waals surface area contributed by atoms with E-state index in [-0.39, 0.29) is 5.91 Å². The maximum Gasteiger partial charge on any atom is 0.294 e. The quantitative estimate of drug-likeness (QED) is 0.546. The molecule has 5 nitrogen and oxygen atoms in total. The van der Waals surface area contributed by atoms with Crippen molar-refractivity contribution in [2.75, 3.05) is 50.7 Å². The van der Waals surface area contributed by atoms with Crippen LogP contribution in [0.5, 0.6) is 0 Å².